The number of rotatable bonds is 4. The lowest BCUT2D eigenvalue weighted by molar-refractivity contribution is 0.288. The fourth-order valence-electron chi connectivity index (χ4n) is 3.19. The highest BCUT2D eigenvalue weighted by atomic mass is 35.5. The van der Waals surface area contributed by atoms with E-state index in [9.17, 15) is 8.42 Å². The summed E-state index contributed by atoms with van der Waals surface area (Å²) >= 11 is 0. The summed E-state index contributed by atoms with van der Waals surface area (Å²) in [5.41, 5.74) is 0. The van der Waals surface area contributed by atoms with Crippen molar-refractivity contribution in [2.45, 2.75) is 51.0 Å². The minimum atomic E-state index is -3.03. The highest BCUT2D eigenvalue weighted by Crippen LogP contribution is 2.26. The number of hydrogen-bond donors (Lipinski definition) is 1. The van der Waals surface area contributed by atoms with E-state index in [1.807, 2.05) is 7.05 Å². The lowest BCUT2D eigenvalue weighted by Gasteiger charge is -2.33. The molecule has 1 atom stereocenters. The van der Waals surface area contributed by atoms with Crippen LogP contribution in [0.2, 0.25) is 0 Å². The van der Waals surface area contributed by atoms with Gasteiger partial charge in [0.25, 0.3) is 0 Å². The van der Waals surface area contributed by atoms with E-state index in [0.717, 1.165) is 25.7 Å². The summed E-state index contributed by atoms with van der Waals surface area (Å²) in [6.45, 7) is 1.37. The zero-order chi connectivity index (χ0) is 13.0. The third-order valence-electron chi connectivity index (χ3n) is 4.36. The number of nitrogens with zero attached hydrogens (tertiary/aromatic N) is 1. The van der Waals surface area contributed by atoms with E-state index in [4.69, 9.17) is 0 Å². The van der Waals surface area contributed by atoms with E-state index in [0.29, 0.717) is 30.8 Å². The second kappa shape index (κ2) is 7.81. The van der Waals surface area contributed by atoms with Crippen molar-refractivity contribution in [3.05, 3.63) is 0 Å². The Labute approximate surface area is 123 Å². The predicted octanol–water partition coefficient (Wildman–Crippen LogP) is 2.00. The van der Waals surface area contributed by atoms with Gasteiger partial charge < -0.3 is 5.32 Å². The Kier molecular flexibility index (Phi) is 7.08. The lowest BCUT2D eigenvalue weighted by atomic mass is 9.91. The van der Waals surface area contributed by atoms with Gasteiger partial charge in [0.1, 0.15) is 0 Å². The molecule has 1 saturated carbocycles. The molecule has 4 nitrogen and oxygen atoms in total. The van der Waals surface area contributed by atoms with E-state index in [2.05, 4.69) is 5.32 Å². The fraction of sp³-hybridized carbons (Fsp3) is 1.00. The molecule has 2 rings (SSSR count). The molecule has 0 aromatic carbocycles. The van der Waals surface area contributed by atoms with Crippen LogP contribution in [0.3, 0.4) is 0 Å². The topological polar surface area (TPSA) is 49.4 Å². The third kappa shape index (κ3) is 4.88. The molecule has 1 heterocycles. The monoisotopic (exact) mass is 310 g/mol. The summed E-state index contributed by atoms with van der Waals surface area (Å²) in [7, 11) is -1.11. The normalized spacial score (nSPS) is 26.9. The zero-order valence-corrected chi connectivity index (χ0v) is 13.4. The molecular weight excluding hydrogens is 284 g/mol. The average Bonchev–Trinajstić information content (AvgIpc) is 2.39. The number of halogens is 1. The van der Waals surface area contributed by atoms with Crippen LogP contribution in [0.15, 0.2) is 0 Å². The van der Waals surface area contributed by atoms with Crippen molar-refractivity contribution in [1.29, 1.82) is 0 Å². The summed E-state index contributed by atoms with van der Waals surface area (Å²) in [5, 5.41) is 3.20. The van der Waals surface area contributed by atoms with Crippen LogP contribution in [-0.4, -0.2) is 44.7 Å². The van der Waals surface area contributed by atoms with Crippen LogP contribution in [0.1, 0.15) is 44.9 Å². The minimum Gasteiger partial charge on any atom is -0.316 e. The molecule has 0 aromatic heterocycles. The van der Waals surface area contributed by atoms with E-state index in [-0.39, 0.29) is 12.4 Å². The van der Waals surface area contributed by atoms with Gasteiger partial charge in [0.2, 0.25) is 10.0 Å². The molecule has 114 valence electrons. The van der Waals surface area contributed by atoms with E-state index in [1.54, 1.807) is 4.31 Å². The maximum atomic E-state index is 12.4. The Hall–Kier alpha value is 0.160. The smallest absolute Gasteiger partial charge is 0.214 e. The van der Waals surface area contributed by atoms with E-state index in [1.165, 1.54) is 19.3 Å². The summed E-state index contributed by atoms with van der Waals surface area (Å²) < 4.78 is 26.5. The standard InChI is InChI=1S/C13H26N2O2S.ClH/c1-14-13-8-5-9-15(10-13)18(16,17)11-12-6-3-2-4-7-12;/h12-14H,2-11H2,1H3;1H. The molecule has 6 heteroatoms. The Balaban J connectivity index is 0.00000180. The van der Waals surface area contributed by atoms with E-state index >= 15 is 0 Å². The van der Waals surface area contributed by atoms with Crippen molar-refractivity contribution in [3.63, 3.8) is 0 Å². The molecule has 1 saturated heterocycles. The van der Waals surface area contributed by atoms with Crippen molar-refractivity contribution < 1.29 is 8.42 Å². The van der Waals surface area contributed by atoms with Crippen molar-refractivity contribution in [2.24, 2.45) is 5.92 Å². The van der Waals surface area contributed by atoms with Gasteiger partial charge in [0.15, 0.2) is 0 Å². The molecule has 0 amide bonds. The van der Waals surface area contributed by atoms with Crippen molar-refractivity contribution in [1.82, 2.24) is 9.62 Å². The first-order valence-corrected chi connectivity index (χ1v) is 8.88. The van der Waals surface area contributed by atoms with Crippen LogP contribution in [-0.2, 0) is 10.0 Å². The summed E-state index contributed by atoms with van der Waals surface area (Å²) in [4.78, 5) is 0. The maximum absolute atomic E-state index is 12.4. The molecule has 1 unspecified atom stereocenters. The van der Waals surface area contributed by atoms with Gasteiger partial charge >= 0.3 is 0 Å². The van der Waals surface area contributed by atoms with Gasteiger partial charge in [-0.3, -0.25) is 0 Å². The van der Waals surface area contributed by atoms with Crippen molar-refractivity contribution in [2.75, 3.05) is 25.9 Å². The predicted molar refractivity (Wildman–Crippen MR) is 81.3 cm³/mol. The molecule has 0 radical (unpaired) electrons. The Bertz CT molecular complexity index is 356. The average molecular weight is 311 g/mol. The van der Waals surface area contributed by atoms with Crippen molar-refractivity contribution in [3.8, 4) is 0 Å². The van der Waals surface area contributed by atoms with Gasteiger partial charge in [-0.15, -0.1) is 12.4 Å². The van der Waals surface area contributed by atoms with Crippen LogP contribution in [0.5, 0.6) is 0 Å². The van der Waals surface area contributed by atoms with Crippen LogP contribution in [0.25, 0.3) is 0 Å². The largest absolute Gasteiger partial charge is 0.316 e. The summed E-state index contributed by atoms with van der Waals surface area (Å²) in [6, 6.07) is 0.333. The molecule has 2 fully saturated rings. The number of likely N-dealkylation sites (N-methyl/N-ethyl adjacent to an activating group) is 1. The van der Waals surface area contributed by atoms with Crippen LogP contribution in [0.4, 0.5) is 0 Å². The highest BCUT2D eigenvalue weighted by Gasteiger charge is 2.30. The first-order chi connectivity index (χ1) is 8.62. The maximum Gasteiger partial charge on any atom is 0.214 e. The quantitative estimate of drug-likeness (QED) is 0.864. The molecule has 0 aromatic rings. The number of sulfonamides is 1. The molecule has 1 aliphatic heterocycles. The van der Waals surface area contributed by atoms with Crippen LogP contribution >= 0.6 is 12.4 Å². The van der Waals surface area contributed by atoms with Gasteiger partial charge in [-0.05, 0) is 38.6 Å². The third-order valence-corrected chi connectivity index (χ3v) is 6.37. The molecule has 19 heavy (non-hydrogen) atoms. The van der Waals surface area contributed by atoms with Gasteiger partial charge in [-0.25, -0.2) is 12.7 Å². The summed E-state index contributed by atoms with van der Waals surface area (Å²) in [6.07, 6.45) is 7.97. The SMILES string of the molecule is CNC1CCCN(S(=O)(=O)CC2CCCCC2)C1.Cl. The molecule has 1 N–H and O–H groups in total. The van der Waals surface area contributed by atoms with E-state index < -0.39 is 10.0 Å². The Morgan fingerprint density at radius 1 is 1.11 bits per heavy atom. The first kappa shape index (κ1) is 17.2. The number of nitrogens with one attached hydrogen (secondary N) is 1. The number of piperidine rings is 1. The molecule has 2 aliphatic rings. The Morgan fingerprint density at radius 3 is 2.42 bits per heavy atom. The molecular formula is C13H27ClN2O2S. The van der Waals surface area contributed by atoms with Gasteiger partial charge in [0, 0.05) is 19.1 Å². The van der Waals surface area contributed by atoms with Crippen LogP contribution < -0.4 is 5.32 Å². The fourth-order valence-corrected chi connectivity index (χ4v) is 5.14. The van der Waals surface area contributed by atoms with Crippen LogP contribution in [0, 0.1) is 5.92 Å². The first-order valence-electron chi connectivity index (χ1n) is 7.27. The Morgan fingerprint density at radius 2 is 1.79 bits per heavy atom. The van der Waals surface area contributed by atoms with Crippen molar-refractivity contribution >= 4 is 22.4 Å². The second-order valence-electron chi connectivity index (χ2n) is 5.77. The van der Waals surface area contributed by atoms with Gasteiger partial charge in [-0.2, -0.15) is 0 Å². The lowest BCUT2D eigenvalue weighted by Crippen LogP contribution is -2.48. The molecule has 0 bridgehead atoms. The highest BCUT2D eigenvalue weighted by molar-refractivity contribution is 7.89. The molecule has 1 aliphatic carbocycles. The number of hydrogen-bond acceptors (Lipinski definition) is 3. The second-order valence-corrected chi connectivity index (χ2v) is 7.78. The van der Waals surface area contributed by atoms with Gasteiger partial charge in [0.05, 0.1) is 5.75 Å². The minimum absolute atomic E-state index is 0. The van der Waals surface area contributed by atoms with Gasteiger partial charge in [-0.1, -0.05) is 19.3 Å². The molecule has 0 spiro atoms. The zero-order valence-electron chi connectivity index (χ0n) is 11.8. The summed E-state index contributed by atoms with van der Waals surface area (Å²) in [5.74, 6) is 0.780.